The van der Waals surface area contributed by atoms with Crippen molar-refractivity contribution in [3.05, 3.63) is 35.4 Å². The van der Waals surface area contributed by atoms with E-state index < -0.39 is 10.0 Å². The van der Waals surface area contributed by atoms with Crippen molar-refractivity contribution in [2.75, 3.05) is 26.4 Å². The van der Waals surface area contributed by atoms with Crippen molar-refractivity contribution in [1.82, 2.24) is 14.5 Å². The summed E-state index contributed by atoms with van der Waals surface area (Å²) in [6.07, 6.45) is 2.16. The molecule has 0 atom stereocenters. The second-order valence-electron chi connectivity index (χ2n) is 6.26. The molecule has 9 heteroatoms. The summed E-state index contributed by atoms with van der Waals surface area (Å²) < 4.78 is 23.8. The van der Waals surface area contributed by atoms with Crippen LogP contribution in [-0.4, -0.2) is 61.7 Å². The molecule has 3 amide bonds. The van der Waals surface area contributed by atoms with E-state index in [9.17, 15) is 22.8 Å². The van der Waals surface area contributed by atoms with Crippen LogP contribution in [0.5, 0.6) is 0 Å². The first-order chi connectivity index (χ1) is 12.2. The van der Waals surface area contributed by atoms with Crippen LogP contribution in [0.25, 0.3) is 0 Å². The van der Waals surface area contributed by atoms with Gasteiger partial charge in [0, 0.05) is 38.5 Å². The van der Waals surface area contributed by atoms with E-state index in [2.05, 4.69) is 5.32 Å². The zero-order chi connectivity index (χ0) is 19.3. The Morgan fingerprint density at radius 1 is 1.15 bits per heavy atom. The molecule has 142 valence electrons. The first kappa shape index (κ1) is 20.1. The van der Waals surface area contributed by atoms with E-state index in [-0.39, 0.29) is 37.1 Å². The highest BCUT2D eigenvalue weighted by Gasteiger charge is 2.28. The molecule has 26 heavy (non-hydrogen) atoms. The van der Waals surface area contributed by atoms with Crippen molar-refractivity contribution < 1.29 is 22.8 Å². The van der Waals surface area contributed by atoms with Crippen LogP contribution in [0.2, 0.25) is 0 Å². The summed E-state index contributed by atoms with van der Waals surface area (Å²) >= 11 is 0. The van der Waals surface area contributed by atoms with Gasteiger partial charge >= 0.3 is 0 Å². The highest BCUT2D eigenvalue weighted by Crippen LogP contribution is 2.16. The number of hydrogen-bond acceptors (Lipinski definition) is 5. The molecule has 1 aromatic rings. The van der Waals surface area contributed by atoms with Crippen LogP contribution in [0.1, 0.15) is 35.2 Å². The summed E-state index contributed by atoms with van der Waals surface area (Å²) in [5.41, 5.74) is 1.24. The van der Waals surface area contributed by atoms with Gasteiger partial charge in [0.2, 0.25) is 21.8 Å². The third-order valence-corrected chi connectivity index (χ3v) is 5.53. The fraction of sp³-hybridized carbons (Fsp3) is 0.471. The number of carbonyl (C=O) groups is 3. The first-order valence-electron chi connectivity index (χ1n) is 8.30. The summed E-state index contributed by atoms with van der Waals surface area (Å²) in [5.74, 6) is -0.598. The predicted molar refractivity (Wildman–Crippen MR) is 95.7 cm³/mol. The van der Waals surface area contributed by atoms with Crippen LogP contribution >= 0.6 is 0 Å². The quantitative estimate of drug-likeness (QED) is 0.517. The molecule has 2 rings (SSSR count). The van der Waals surface area contributed by atoms with Crippen LogP contribution in [0.3, 0.4) is 0 Å². The molecule has 1 heterocycles. The lowest BCUT2D eigenvalue weighted by Crippen LogP contribution is -2.31. The first-order valence-corrected chi connectivity index (χ1v) is 10.1. The molecule has 8 nitrogen and oxygen atoms in total. The average Bonchev–Trinajstić information content (AvgIpc) is 2.90. The molecular formula is C17H23N3O5S. The fourth-order valence-electron chi connectivity index (χ4n) is 2.51. The van der Waals surface area contributed by atoms with Gasteiger partial charge in [-0.25, -0.2) is 12.7 Å². The molecule has 0 saturated carbocycles. The summed E-state index contributed by atoms with van der Waals surface area (Å²) in [4.78, 5) is 36.6. The smallest absolute Gasteiger partial charge is 0.251 e. The lowest BCUT2D eigenvalue weighted by molar-refractivity contribution is -0.139. The highest BCUT2D eigenvalue weighted by molar-refractivity contribution is 7.88. The molecule has 1 aromatic carbocycles. The monoisotopic (exact) mass is 381 g/mol. The number of rotatable bonds is 8. The Morgan fingerprint density at radius 2 is 1.73 bits per heavy atom. The van der Waals surface area contributed by atoms with E-state index >= 15 is 0 Å². The van der Waals surface area contributed by atoms with Crippen molar-refractivity contribution in [3.63, 3.8) is 0 Å². The third kappa shape index (κ3) is 5.37. The van der Waals surface area contributed by atoms with Gasteiger partial charge in [-0.3, -0.25) is 19.3 Å². The Morgan fingerprint density at radius 3 is 2.27 bits per heavy atom. The van der Waals surface area contributed by atoms with Crippen molar-refractivity contribution in [3.8, 4) is 0 Å². The van der Waals surface area contributed by atoms with Gasteiger partial charge in [0.1, 0.15) is 0 Å². The Hall–Kier alpha value is -2.26. The molecular weight excluding hydrogens is 358 g/mol. The fourth-order valence-corrected chi connectivity index (χ4v) is 2.98. The number of likely N-dealkylation sites (tertiary alicyclic amines) is 1. The summed E-state index contributed by atoms with van der Waals surface area (Å²) in [7, 11) is -1.72. The number of amides is 3. The van der Waals surface area contributed by atoms with Crippen LogP contribution in [0, 0.1) is 0 Å². The Labute approximate surface area is 153 Å². The van der Waals surface area contributed by atoms with E-state index in [0.29, 0.717) is 25.1 Å². The zero-order valence-electron chi connectivity index (χ0n) is 14.9. The topological polar surface area (TPSA) is 104 Å². The summed E-state index contributed by atoms with van der Waals surface area (Å²) in [5, 5.41) is 2.73. The molecule has 0 aliphatic carbocycles. The minimum atomic E-state index is -3.21. The molecule has 1 fully saturated rings. The number of hydrogen-bond donors (Lipinski definition) is 1. The summed E-state index contributed by atoms with van der Waals surface area (Å²) in [6, 6.07) is 6.70. The second-order valence-corrected chi connectivity index (χ2v) is 8.35. The molecule has 0 aromatic heterocycles. The Balaban J connectivity index is 1.81. The Bertz CT molecular complexity index is 773. The van der Waals surface area contributed by atoms with Crippen LogP contribution in [-0.2, 0) is 26.2 Å². The SMILES string of the molecule is CN(CCCNC(=O)c1ccc(CN2C(=O)CCC2=O)cc1)S(C)(=O)=O. The van der Waals surface area contributed by atoms with Gasteiger partial charge in [-0.05, 0) is 24.1 Å². The molecule has 0 bridgehead atoms. The number of imide groups is 1. The average molecular weight is 381 g/mol. The van der Waals surface area contributed by atoms with E-state index in [0.717, 1.165) is 11.8 Å². The second kappa shape index (κ2) is 8.41. The molecule has 0 radical (unpaired) electrons. The Kier molecular flexibility index (Phi) is 6.49. The number of carbonyl (C=O) groups excluding carboxylic acids is 3. The van der Waals surface area contributed by atoms with Crippen LogP contribution in [0.4, 0.5) is 0 Å². The van der Waals surface area contributed by atoms with Crippen LogP contribution < -0.4 is 5.32 Å². The minimum absolute atomic E-state index is 0.170. The van der Waals surface area contributed by atoms with Crippen molar-refractivity contribution in [1.29, 1.82) is 0 Å². The maximum atomic E-state index is 12.1. The molecule has 1 N–H and O–H groups in total. The number of nitrogens with zero attached hydrogens (tertiary/aromatic N) is 2. The van der Waals surface area contributed by atoms with E-state index in [1.165, 1.54) is 16.3 Å². The van der Waals surface area contributed by atoms with E-state index in [1.54, 1.807) is 24.3 Å². The lowest BCUT2D eigenvalue weighted by Gasteiger charge is -2.14. The van der Waals surface area contributed by atoms with Gasteiger partial charge in [0.25, 0.3) is 5.91 Å². The molecule has 1 saturated heterocycles. The van der Waals surface area contributed by atoms with Crippen molar-refractivity contribution in [2.24, 2.45) is 0 Å². The lowest BCUT2D eigenvalue weighted by atomic mass is 10.1. The van der Waals surface area contributed by atoms with Gasteiger partial charge in [0.05, 0.1) is 12.8 Å². The van der Waals surface area contributed by atoms with Gasteiger partial charge in [-0.15, -0.1) is 0 Å². The molecule has 0 spiro atoms. The molecule has 1 aliphatic rings. The van der Waals surface area contributed by atoms with Gasteiger partial charge in [0.15, 0.2) is 0 Å². The van der Waals surface area contributed by atoms with Gasteiger partial charge in [-0.2, -0.15) is 0 Å². The highest BCUT2D eigenvalue weighted by atomic mass is 32.2. The predicted octanol–water partition coefficient (Wildman–Crippen LogP) is 0.347. The largest absolute Gasteiger partial charge is 0.352 e. The van der Waals surface area contributed by atoms with E-state index in [1.807, 2.05) is 0 Å². The van der Waals surface area contributed by atoms with Crippen LogP contribution in [0.15, 0.2) is 24.3 Å². The van der Waals surface area contributed by atoms with Crippen molar-refractivity contribution >= 4 is 27.7 Å². The zero-order valence-corrected chi connectivity index (χ0v) is 15.7. The summed E-state index contributed by atoms with van der Waals surface area (Å²) in [6.45, 7) is 0.907. The maximum absolute atomic E-state index is 12.1. The molecule has 0 unspecified atom stereocenters. The van der Waals surface area contributed by atoms with Gasteiger partial charge in [-0.1, -0.05) is 12.1 Å². The maximum Gasteiger partial charge on any atom is 0.251 e. The molecule has 1 aliphatic heterocycles. The standard InChI is InChI=1S/C17H23N3O5S/c1-19(26(2,24)25)11-3-10-18-17(23)14-6-4-13(5-7-14)12-20-15(21)8-9-16(20)22/h4-7H,3,8-12H2,1-2H3,(H,18,23). The third-order valence-electron chi connectivity index (χ3n) is 4.21. The normalized spacial score (nSPS) is 15.0. The van der Waals surface area contributed by atoms with E-state index in [4.69, 9.17) is 0 Å². The minimum Gasteiger partial charge on any atom is -0.352 e. The number of nitrogens with one attached hydrogen (secondary N) is 1. The van der Waals surface area contributed by atoms with Crippen molar-refractivity contribution in [2.45, 2.75) is 25.8 Å². The number of sulfonamides is 1. The van der Waals surface area contributed by atoms with Gasteiger partial charge < -0.3 is 5.32 Å². The number of benzene rings is 1.